The number of rotatable bonds is 8. The molecule has 0 saturated heterocycles. The van der Waals surface area contributed by atoms with Crippen LogP contribution in [0.2, 0.25) is 0 Å². The topological polar surface area (TPSA) is 0 Å². The Bertz CT molecular complexity index is 289. The first-order chi connectivity index (χ1) is 8.49. The summed E-state index contributed by atoms with van der Waals surface area (Å²) in [5, 5.41) is 0. The lowest BCUT2D eigenvalue weighted by atomic mass is 9.93. The second kappa shape index (κ2) is 10.2. The Hall–Kier alpha value is -0.780. The zero-order valence-corrected chi connectivity index (χ0v) is 13.3. The van der Waals surface area contributed by atoms with Gasteiger partial charge in [0.15, 0.2) is 0 Å². The van der Waals surface area contributed by atoms with Gasteiger partial charge in [-0.2, -0.15) is 0 Å². The van der Waals surface area contributed by atoms with Crippen LogP contribution in [0.1, 0.15) is 67.2 Å². The van der Waals surface area contributed by atoms with Gasteiger partial charge in [0.25, 0.3) is 0 Å². The summed E-state index contributed by atoms with van der Waals surface area (Å²) in [5.41, 5.74) is 3.03. The van der Waals surface area contributed by atoms with Gasteiger partial charge in [0.2, 0.25) is 0 Å². The fraction of sp³-hybridized carbons (Fsp3) is 0.667. The number of allylic oxidation sites excluding steroid dienone is 6. The lowest BCUT2D eigenvalue weighted by molar-refractivity contribution is 0.589. The molecule has 0 aliphatic heterocycles. The molecule has 0 rings (SSSR count). The van der Waals surface area contributed by atoms with Gasteiger partial charge in [-0.25, -0.2) is 0 Å². The summed E-state index contributed by atoms with van der Waals surface area (Å²) in [6, 6.07) is 0. The van der Waals surface area contributed by atoms with Gasteiger partial charge in [-0.1, -0.05) is 56.2 Å². The van der Waals surface area contributed by atoms with Crippen molar-refractivity contribution in [2.45, 2.75) is 67.2 Å². The van der Waals surface area contributed by atoms with Crippen molar-refractivity contribution in [3.05, 3.63) is 35.5 Å². The molecule has 104 valence electrons. The van der Waals surface area contributed by atoms with E-state index in [-0.39, 0.29) is 0 Å². The van der Waals surface area contributed by atoms with Gasteiger partial charge in [-0.15, -0.1) is 0 Å². The Balaban J connectivity index is 4.43. The molecule has 0 saturated carbocycles. The Morgan fingerprint density at radius 3 is 2.28 bits per heavy atom. The highest BCUT2D eigenvalue weighted by Crippen LogP contribution is 2.20. The van der Waals surface area contributed by atoms with Crippen molar-refractivity contribution < 1.29 is 0 Å². The summed E-state index contributed by atoms with van der Waals surface area (Å²) in [6.07, 6.45) is 14.3. The molecule has 0 fully saturated rings. The van der Waals surface area contributed by atoms with Crippen LogP contribution in [0, 0.1) is 11.8 Å². The van der Waals surface area contributed by atoms with Gasteiger partial charge in [0.05, 0.1) is 0 Å². The van der Waals surface area contributed by atoms with E-state index in [1.165, 1.54) is 36.8 Å². The minimum Gasteiger partial charge on any atom is -0.0887 e. The average Bonchev–Trinajstić information content (AvgIpc) is 2.34. The third kappa shape index (κ3) is 9.27. The van der Waals surface area contributed by atoms with E-state index in [1.54, 1.807) is 0 Å². The number of hydrogen-bond donors (Lipinski definition) is 0. The zero-order chi connectivity index (χ0) is 14.0. The SMILES string of the molecule is CC=C(C)CCC(C=C(C)CC)CC=CC(C)C. The molecular formula is C18H32. The first-order valence-electron chi connectivity index (χ1n) is 7.45. The fourth-order valence-electron chi connectivity index (χ4n) is 1.87. The molecule has 0 heteroatoms. The maximum atomic E-state index is 2.48. The van der Waals surface area contributed by atoms with Crippen LogP contribution in [0.15, 0.2) is 35.5 Å². The average molecular weight is 248 g/mol. The van der Waals surface area contributed by atoms with Crippen molar-refractivity contribution in [2.75, 3.05) is 0 Å². The van der Waals surface area contributed by atoms with Crippen LogP contribution in [-0.4, -0.2) is 0 Å². The van der Waals surface area contributed by atoms with E-state index in [0.717, 1.165) is 0 Å². The predicted octanol–water partition coefficient (Wildman–Crippen LogP) is 6.31. The summed E-state index contributed by atoms with van der Waals surface area (Å²) in [5.74, 6) is 1.37. The van der Waals surface area contributed by atoms with Crippen LogP contribution >= 0.6 is 0 Å². The molecule has 0 aromatic carbocycles. The molecule has 0 aliphatic carbocycles. The maximum absolute atomic E-state index is 2.48. The summed E-state index contributed by atoms with van der Waals surface area (Å²) < 4.78 is 0. The monoisotopic (exact) mass is 248 g/mol. The normalized spacial score (nSPS) is 15.7. The molecule has 0 aromatic heterocycles. The zero-order valence-electron chi connectivity index (χ0n) is 13.3. The maximum Gasteiger partial charge on any atom is -0.0193 e. The van der Waals surface area contributed by atoms with Crippen molar-refractivity contribution in [1.29, 1.82) is 0 Å². The van der Waals surface area contributed by atoms with E-state index >= 15 is 0 Å². The van der Waals surface area contributed by atoms with Crippen LogP contribution in [0.25, 0.3) is 0 Å². The van der Waals surface area contributed by atoms with E-state index in [2.05, 4.69) is 65.8 Å². The molecule has 0 amide bonds. The van der Waals surface area contributed by atoms with E-state index in [9.17, 15) is 0 Å². The summed E-state index contributed by atoms with van der Waals surface area (Å²) in [6.45, 7) is 13.3. The standard InChI is InChI=1S/C18H32/c1-7-16(5)12-13-18(14-17(6)8-2)11-9-10-15(3)4/h7,9-10,14-15,18H,8,11-13H2,1-6H3. The highest BCUT2D eigenvalue weighted by Gasteiger charge is 2.04. The molecule has 0 aromatic rings. The van der Waals surface area contributed by atoms with E-state index < -0.39 is 0 Å². The van der Waals surface area contributed by atoms with Crippen molar-refractivity contribution in [1.82, 2.24) is 0 Å². The van der Waals surface area contributed by atoms with Crippen molar-refractivity contribution in [3.63, 3.8) is 0 Å². The molecule has 0 spiro atoms. The lowest BCUT2D eigenvalue weighted by Crippen LogP contribution is -1.97. The summed E-state index contributed by atoms with van der Waals surface area (Å²) in [4.78, 5) is 0. The van der Waals surface area contributed by atoms with Crippen LogP contribution in [0.5, 0.6) is 0 Å². The highest BCUT2D eigenvalue weighted by molar-refractivity contribution is 5.04. The molecule has 1 unspecified atom stereocenters. The van der Waals surface area contributed by atoms with E-state index in [1.807, 2.05) is 0 Å². The summed E-state index contributed by atoms with van der Waals surface area (Å²) >= 11 is 0. The van der Waals surface area contributed by atoms with Crippen LogP contribution < -0.4 is 0 Å². The minimum atomic E-state index is 0.666. The van der Waals surface area contributed by atoms with E-state index in [4.69, 9.17) is 0 Å². The molecule has 1 atom stereocenters. The van der Waals surface area contributed by atoms with Gasteiger partial charge >= 0.3 is 0 Å². The van der Waals surface area contributed by atoms with Crippen LogP contribution in [-0.2, 0) is 0 Å². The molecule has 18 heavy (non-hydrogen) atoms. The molecule has 0 bridgehead atoms. The Morgan fingerprint density at radius 2 is 1.78 bits per heavy atom. The molecular weight excluding hydrogens is 216 g/mol. The Labute approximate surface area is 115 Å². The predicted molar refractivity (Wildman–Crippen MR) is 84.8 cm³/mol. The van der Waals surface area contributed by atoms with Gasteiger partial charge in [0, 0.05) is 0 Å². The number of hydrogen-bond acceptors (Lipinski definition) is 0. The third-order valence-electron chi connectivity index (χ3n) is 3.44. The molecule has 0 radical (unpaired) electrons. The second-order valence-corrected chi connectivity index (χ2v) is 5.71. The van der Waals surface area contributed by atoms with Gasteiger partial charge in [0.1, 0.15) is 0 Å². The minimum absolute atomic E-state index is 0.666. The van der Waals surface area contributed by atoms with Gasteiger partial charge in [-0.05, 0) is 58.3 Å². The van der Waals surface area contributed by atoms with Crippen LogP contribution in [0.4, 0.5) is 0 Å². The second-order valence-electron chi connectivity index (χ2n) is 5.71. The molecule has 0 N–H and O–H groups in total. The Kier molecular flexibility index (Phi) is 9.73. The largest absolute Gasteiger partial charge is 0.0887 e. The molecule has 0 nitrogen and oxygen atoms in total. The third-order valence-corrected chi connectivity index (χ3v) is 3.44. The summed E-state index contributed by atoms with van der Waals surface area (Å²) in [7, 11) is 0. The van der Waals surface area contributed by atoms with Gasteiger partial charge in [-0.3, -0.25) is 0 Å². The van der Waals surface area contributed by atoms with Crippen molar-refractivity contribution in [3.8, 4) is 0 Å². The first-order valence-corrected chi connectivity index (χ1v) is 7.45. The van der Waals surface area contributed by atoms with E-state index in [0.29, 0.717) is 11.8 Å². The van der Waals surface area contributed by atoms with Crippen molar-refractivity contribution >= 4 is 0 Å². The first kappa shape index (κ1) is 17.2. The Morgan fingerprint density at radius 1 is 1.11 bits per heavy atom. The van der Waals surface area contributed by atoms with Crippen molar-refractivity contribution in [2.24, 2.45) is 11.8 Å². The molecule has 0 aliphatic rings. The highest BCUT2D eigenvalue weighted by atomic mass is 14.1. The quantitative estimate of drug-likeness (QED) is 0.442. The van der Waals surface area contributed by atoms with Crippen LogP contribution in [0.3, 0.4) is 0 Å². The molecule has 0 heterocycles. The smallest absolute Gasteiger partial charge is 0.0193 e. The van der Waals surface area contributed by atoms with Gasteiger partial charge < -0.3 is 0 Å². The lowest BCUT2D eigenvalue weighted by Gasteiger charge is -2.12. The fourth-order valence-corrected chi connectivity index (χ4v) is 1.87.